The van der Waals surface area contributed by atoms with E-state index in [1.807, 2.05) is 0 Å². The smallest absolute Gasteiger partial charge is 0.133 e. The van der Waals surface area contributed by atoms with E-state index in [0.717, 1.165) is 74.6 Å². The maximum absolute atomic E-state index is 7.10. The van der Waals surface area contributed by atoms with Crippen LogP contribution in [-0.2, 0) is 10.8 Å². The first-order chi connectivity index (χ1) is 33.5. The van der Waals surface area contributed by atoms with Crippen LogP contribution in [0.1, 0.15) is 60.1 Å². The van der Waals surface area contributed by atoms with Crippen LogP contribution >= 0.6 is 0 Å². The third kappa shape index (κ3) is 4.84. The minimum Gasteiger partial charge on any atom is -0.457 e. The summed E-state index contributed by atoms with van der Waals surface area (Å²) in [5, 5.41) is 4.87. The second kappa shape index (κ2) is 13.6. The standard InChI is InChI=1S/C64H45N3O/c1-63(2)50-23-9-6-19-44(50)45-36-35-43(37-54(45)63)65(40-17-4-3-5-18-40)41-31-33-42(34-32-41)66-56-27-12-8-21-47(56)49-38-61-55(39-59(49)66)64(52-25-11-15-30-60(52)68-61)51-24-10-14-29-58(51)67-57-28-13-7-20-46(57)48-22-16-26-53(64)62(48)67/h3-5,7-18,20-39H,6,19H2,1-2H3. The molecule has 0 amide bonds. The molecule has 15 rings (SSSR count). The maximum Gasteiger partial charge on any atom is 0.133 e. The molecule has 0 saturated carbocycles. The van der Waals surface area contributed by atoms with E-state index in [1.165, 1.54) is 66.3 Å². The molecule has 2 aliphatic carbocycles. The highest BCUT2D eigenvalue weighted by Gasteiger charge is 2.50. The second-order valence-electron chi connectivity index (χ2n) is 19.5. The fraction of sp³-hybridized carbons (Fsp3) is 0.0938. The Balaban J connectivity index is 0.951. The summed E-state index contributed by atoms with van der Waals surface area (Å²) in [6, 6.07) is 74.2. The lowest BCUT2D eigenvalue weighted by molar-refractivity contribution is 0.435. The molecule has 0 fully saturated rings. The predicted molar refractivity (Wildman–Crippen MR) is 280 cm³/mol. The Morgan fingerprint density at radius 1 is 0.471 bits per heavy atom. The zero-order chi connectivity index (χ0) is 44.9. The summed E-state index contributed by atoms with van der Waals surface area (Å²) in [6.07, 6.45) is 6.92. The number of rotatable bonds is 4. The Morgan fingerprint density at radius 3 is 1.97 bits per heavy atom. The van der Waals surface area contributed by atoms with Crippen LogP contribution in [0.5, 0.6) is 11.5 Å². The molecule has 9 aromatic carbocycles. The van der Waals surface area contributed by atoms with Crippen LogP contribution < -0.4 is 9.64 Å². The number of para-hydroxylation sites is 6. The fourth-order valence-corrected chi connectivity index (χ4v) is 13.0. The molecule has 4 nitrogen and oxygen atoms in total. The van der Waals surface area contributed by atoms with Gasteiger partial charge in [0, 0.05) is 60.8 Å². The molecule has 322 valence electrons. The maximum atomic E-state index is 7.10. The predicted octanol–water partition coefficient (Wildman–Crippen LogP) is 16.5. The average Bonchev–Trinajstić information content (AvgIpc) is 3.98. The van der Waals surface area contributed by atoms with Gasteiger partial charge in [-0.3, -0.25) is 0 Å². The van der Waals surface area contributed by atoms with Crippen molar-refractivity contribution in [2.75, 3.05) is 4.90 Å². The lowest BCUT2D eigenvalue weighted by Gasteiger charge is -2.45. The first kappa shape index (κ1) is 37.8. The van der Waals surface area contributed by atoms with E-state index in [0.29, 0.717) is 0 Å². The first-order valence-electron chi connectivity index (χ1n) is 24.0. The van der Waals surface area contributed by atoms with Gasteiger partial charge in [0.15, 0.2) is 0 Å². The van der Waals surface area contributed by atoms with Gasteiger partial charge in [0.2, 0.25) is 0 Å². The number of hydrogen-bond donors (Lipinski definition) is 0. The molecule has 4 aliphatic rings. The number of nitrogens with zero attached hydrogens (tertiary/aromatic N) is 3. The van der Waals surface area contributed by atoms with Crippen molar-refractivity contribution in [2.24, 2.45) is 0 Å². The van der Waals surface area contributed by atoms with Crippen molar-refractivity contribution in [3.8, 4) is 22.9 Å². The van der Waals surface area contributed by atoms with Crippen LogP contribution in [-0.4, -0.2) is 9.13 Å². The number of benzene rings is 9. The molecule has 4 heteroatoms. The highest BCUT2D eigenvalue weighted by molar-refractivity contribution is 6.13. The van der Waals surface area contributed by atoms with Gasteiger partial charge < -0.3 is 18.8 Å². The quantitative estimate of drug-likeness (QED) is 0.176. The van der Waals surface area contributed by atoms with Gasteiger partial charge in [-0.05, 0) is 131 Å². The molecule has 4 heterocycles. The average molecular weight is 872 g/mol. The van der Waals surface area contributed by atoms with Crippen LogP contribution in [0.3, 0.4) is 0 Å². The highest BCUT2D eigenvalue weighted by atomic mass is 16.5. The fourth-order valence-electron chi connectivity index (χ4n) is 13.0. The van der Waals surface area contributed by atoms with Crippen molar-refractivity contribution in [3.63, 3.8) is 0 Å². The van der Waals surface area contributed by atoms with Crippen LogP contribution in [0, 0.1) is 0 Å². The van der Waals surface area contributed by atoms with Gasteiger partial charge in [-0.25, -0.2) is 0 Å². The second-order valence-corrected chi connectivity index (χ2v) is 19.5. The third-order valence-electron chi connectivity index (χ3n) is 15.8. The monoisotopic (exact) mass is 871 g/mol. The summed E-state index contributed by atoms with van der Waals surface area (Å²) >= 11 is 0. The van der Waals surface area contributed by atoms with Crippen LogP contribution in [0.25, 0.3) is 60.6 Å². The van der Waals surface area contributed by atoms with E-state index in [4.69, 9.17) is 4.74 Å². The number of anilines is 3. The molecule has 0 radical (unpaired) electrons. The van der Waals surface area contributed by atoms with Gasteiger partial charge >= 0.3 is 0 Å². The number of hydrogen-bond acceptors (Lipinski definition) is 2. The largest absolute Gasteiger partial charge is 0.457 e. The van der Waals surface area contributed by atoms with Crippen molar-refractivity contribution in [3.05, 3.63) is 251 Å². The minimum absolute atomic E-state index is 0.0596. The molecular formula is C64H45N3O. The van der Waals surface area contributed by atoms with Crippen LogP contribution in [0.2, 0.25) is 0 Å². The normalized spacial score (nSPS) is 17.0. The van der Waals surface area contributed by atoms with Crippen molar-refractivity contribution >= 4 is 66.2 Å². The Labute approximate surface area is 394 Å². The Bertz CT molecular complexity index is 4030. The molecule has 2 aliphatic heterocycles. The van der Waals surface area contributed by atoms with Gasteiger partial charge in [-0.2, -0.15) is 0 Å². The van der Waals surface area contributed by atoms with Crippen molar-refractivity contribution in [1.29, 1.82) is 0 Å². The SMILES string of the molecule is CC1(C)C2=C(CCC=C2)c2ccc(N(c3ccccc3)c3ccc(-n4c5ccccc5c5cc6c(cc54)C4(c5ccccc5O6)c5ccccc5-n5c6ccccc6c6cccc4c65)cc3)cc21. The van der Waals surface area contributed by atoms with Gasteiger partial charge in [0.25, 0.3) is 0 Å². The molecule has 1 unspecified atom stereocenters. The Hall–Kier alpha value is -8.34. The van der Waals surface area contributed by atoms with E-state index in [-0.39, 0.29) is 5.41 Å². The van der Waals surface area contributed by atoms with Crippen LogP contribution in [0.15, 0.2) is 218 Å². The summed E-state index contributed by atoms with van der Waals surface area (Å²) in [6.45, 7) is 4.77. The third-order valence-corrected chi connectivity index (χ3v) is 15.8. The van der Waals surface area contributed by atoms with E-state index in [2.05, 4.69) is 240 Å². The van der Waals surface area contributed by atoms with Gasteiger partial charge in [0.1, 0.15) is 11.5 Å². The molecule has 11 aromatic rings. The van der Waals surface area contributed by atoms with E-state index in [1.54, 1.807) is 0 Å². The zero-order valence-corrected chi connectivity index (χ0v) is 37.9. The lowest BCUT2D eigenvalue weighted by Crippen LogP contribution is -2.37. The molecule has 1 spiro atoms. The number of ether oxygens (including phenoxy) is 1. The van der Waals surface area contributed by atoms with Gasteiger partial charge in [-0.1, -0.05) is 141 Å². The number of allylic oxidation sites excluding steroid dienone is 4. The Kier molecular flexibility index (Phi) is 7.58. The van der Waals surface area contributed by atoms with Crippen molar-refractivity contribution < 1.29 is 4.74 Å². The van der Waals surface area contributed by atoms with Gasteiger partial charge in [0.05, 0.1) is 33.2 Å². The van der Waals surface area contributed by atoms with Crippen LogP contribution in [0.4, 0.5) is 17.1 Å². The first-order valence-corrected chi connectivity index (χ1v) is 24.0. The van der Waals surface area contributed by atoms with E-state index in [9.17, 15) is 0 Å². The molecule has 0 saturated heterocycles. The van der Waals surface area contributed by atoms with Crippen molar-refractivity contribution in [2.45, 2.75) is 37.5 Å². The molecule has 0 N–H and O–H groups in total. The Morgan fingerprint density at radius 2 is 1.13 bits per heavy atom. The molecule has 1 atom stereocenters. The highest BCUT2D eigenvalue weighted by Crippen LogP contribution is 2.61. The lowest BCUT2D eigenvalue weighted by atomic mass is 9.61. The number of aromatic nitrogens is 2. The summed E-state index contributed by atoms with van der Waals surface area (Å²) in [5.74, 6) is 1.77. The van der Waals surface area contributed by atoms with E-state index < -0.39 is 5.41 Å². The molecule has 0 bridgehead atoms. The summed E-state index contributed by atoms with van der Waals surface area (Å²) in [4.78, 5) is 2.41. The molecular weight excluding hydrogens is 827 g/mol. The zero-order valence-electron chi connectivity index (χ0n) is 37.9. The van der Waals surface area contributed by atoms with E-state index >= 15 is 0 Å². The minimum atomic E-state index is -0.671. The molecule has 68 heavy (non-hydrogen) atoms. The molecule has 2 aromatic heterocycles. The number of fused-ring (bicyclic) bond motifs is 16. The summed E-state index contributed by atoms with van der Waals surface area (Å²) in [7, 11) is 0. The summed E-state index contributed by atoms with van der Waals surface area (Å²) in [5.41, 5.74) is 20.3. The summed E-state index contributed by atoms with van der Waals surface area (Å²) < 4.78 is 12.1. The van der Waals surface area contributed by atoms with Crippen molar-refractivity contribution in [1.82, 2.24) is 9.13 Å². The van der Waals surface area contributed by atoms with Gasteiger partial charge in [-0.15, -0.1) is 0 Å². The topological polar surface area (TPSA) is 22.3 Å².